The van der Waals surface area contributed by atoms with Crippen LogP contribution in [0.15, 0.2) is 42.5 Å². The first-order valence-electron chi connectivity index (χ1n) is 6.07. The van der Waals surface area contributed by atoms with E-state index in [4.69, 9.17) is 4.74 Å². The van der Waals surface area contributed by atoms with Gasteiger partial charge < -0.3 is 9.64 Å². The van der Waals surface area contributed by atoms with Crippen molar-refractivity contribution in [1.29, 1.82) is 5.26 Å². The summed E-state index contributed by atoms with van der Waals surface area (Å²) in [6, 6.07) is 14.7. The highest BCUT2D eigenvalue weighted by atomic mass is 16.5. The van der Waals surface area contributed by atoms with Gasteiger partial charge in [0.05, 0.1) is 24.0 Å². The Kier molecular flexibility index (Phi) is 4.02. The highest BCUT2D eigenvalue weighted by molar-refractivity contribution is 5.80. The van der Waals surface area contributed by atoms with Crippen LogP contribution in [0.25, 0.3) is 0 Å². The molecule has 0 aliphatic carbocycles. The van der Waals surface area contributed by atoms with Gasteiger partial charge in [-0.25, -0.2) is 0 Å². The van der Waals surface area contributed by atoms with E-state index in [9.17, 15) is 10.1 Å². The molecule has 4 nitrogen and oxygen atoms in total. The maximum absolute atomic E-state index is 10.8. The number of hydrogen-bond donors (Lipinski definition) is 0. The first kappa shape index (κ1) is 13.6. The fraction of sp³-hybridized carbons (Fsp3) is 0.125. The first-order chi connectivity index (χ1) is 9.71. The fourth-order valence-electron chi connectivity index (χ4n) is 2.05. The molecule has 2 aromatic carbocycles. The van der Waals surface area contributed by atoms with Gasteiger partial charge >= 0.3 is 0 Å². The van der Waals surface area contributed by atoms with Crippen LogP contribution in [-0.4, -0.2) is 20.4 Å². The number of carbonyl (C=O) groups excluding carboxylic acids is 1. The van der Waals surface area contributed by atoms with Gasteiger partial charge in [0.2, 0.25) is 0 Å². The molecule has 0 bridgehead atoms. The Morgan fingerprint density at radius 2 is 1.95 bits per heavy atom. The number of nitrogens with zero attached hydrogens (tertiary/aromatic N) is 2. The lowest BCUT2D eigenvalue weighted by Gasteiger charge is -2.22. The molecule has 0 saturated heterocycles. The van der Waals surface area contributed by atoms with Crippen molar-refractivity contribution in [3.63, 3.8) is 0 Å². The zero-order valence-electron chi connectivity index (χ0n) is 11.3. The molecule has 0 aliphatic rings. The molecule has 0 atom stereocenters. The molecule has 0 saturated carbocycles. The van der Waals surface area contributed by atoms with Crippen molar-refractivity contribution in [1.82, 2.24) is 0 Å². The summed E-state index contributed by atoms with van der Waals surface area (Å²) < 4.78 is 5.33. The largest absolute Gasteiger partial charge is 0.495 e. The molecule has 0 amide bonds. The molecule has 0 N–H and O–H groups in total. The van der Waals surface area contributed by atoms with Crippen LogP contribution in [-0.2, 0) is 0 Å². The van der Waals surface area contributed by atoms with Gasteiger partial charge in [0, 0.05) is 12.6 Å². The lowest BCUT2D eigenvalue weighted by Crippen LogP contribution is -2.12. The van der Waals surface area contributed by atoms with Crippen molar-refractivity contribution < 1.29 is 9.53 Å². The van der Waals surface area contributed by atoms with E-state index in [2.05, 4.69) is 6.07 Å². The summed E-state index contributed by atoms with van der Waals surface area (Å²) in [6.07, 6.45) is 0.730. The number of hydrogen-bond acceptors (Lipinski definition) is 4. The van der Waals surface area contributed by atoms with E-state index in [1.165, 1.54) is 0 Å². The van der Waals surface area contributed by atoms with Crippen LogP contribution < -0.4 is 9.64 Å². The van der Waals surface area contributed by atoms with Crippen LogP contribution >= 0.6 is 0 Å². The predicted molar refractivity (Wildman–Crippen MR) is 77.6 cm³/mol. The second kappa shape index (κ2) is 5.89. The van der Waals surface area contributed by atoms with Crippen molar-refractivity contribution in [3.8, 4) is 11.8 Å². The average molecular weight is 266 g/mol. The van der Waals surface area contributed by atoms with Gasteiger partial charge in [-0.3, -0.25) is 4.79 Å². The Balaban J connectivity index is 2.51. The third kappa shape index (κ3) is 2.47. The van der Waals surface area contributed by atoms with Crippen LogP contribution in [0.1, 0.15) is 15.9 Å². The zero-order valence-corrected chi connectivity index (χ0v) is 11.3. The Labute approximate surface area is 117 Å². The molecular weight excluding hydrogens is 252 g/mol. The van der Waals surface area contributed by atoms with Crippen LogP contribution in [0.3, 0.4) is 0 Å². The second-order valence-electron chi connectivity index (χ2n) is 4.24. The van der Waals surface area contributed by atoms with Crippen LogP contribution in [0, 0.1) is 11.3 Å². The Hall–Kier alpha value is -2.80. The lowest BCUT2D eigenvalue weighted by molar-refractivity contribution is 0.112. The van der Waals surface area contributed by atoms with E-state index < -0.39 is 0 Å². The minimum absolute atomic E-state index is 0.447. The number of carbonyl (C=O) groups is 1. The van der Waals surface area contributed by atoms with Crippen LogP contribution in [0.4, 0.5) is 11.4 Å². The topological polar surface area (TPSA) is 53.3 Å². The summed E-state index contributed by atoms with van der Waals surface area (Å²) in [5.74, 6) is 0.721. The van der Waals surface area contributed by atoms with Crippen molar-refractivity contribution in [2.75, 3.05) is 19.1 Å². The van der Waals surface area contributed by atoms with Crippen molar-refractivity contribution >= 4 is 17.7 Å². The molecule has 20 heavy (non-hydrogen) atoms. The third-order valence-electron chi connectivity index (χ3n) is 3.09. The molecule has 0 fully saturated rings. The number of anilines is 2. The minimum atomic E-state index is 0.447. The monoisotopic (exact) mass is 266 g/mol. The summed E-state index contributed by atoms with van der Waals surface area (Å²) in [4.78, 5) is 12.7. The van der Waals surface area contributed by atoms with Crippen molar-refractivity contribution in [3.05, 3.63) is 53.6 Å². The van der Waals surface area contributed by atoms with E-state index in [0.29, 0.717) is 11.1 Å². The van der Waals surface area contributed by atoms with Crippen molar-refractivity contribution in [2.24, 2.45) is 0 Å². The Bertz CT molecular complexity index is 674. The van der Waals surface area contributed by atoms with Crippen LogP contribution in [0.5, 0.6) is 5.75 Å². The number of aldehydes is 1. The van der Waals surface area contributed by atoms with Gasteiger partial charge in [-0.15, -0.1) is 0 Å². The summed E-state index contributed by atoms with van der Waals surface area (Å²) in [6.45, 7) is 0. The molecule has 0 unspecified atom stereocenters. The quantitative estimate of drug-likeness (QED) is 0.798. The van der Waals surface area contributed by atoms with Gasteiger partial charge in [-0.05, 0) is 30.3 Å². The highest BCUT2D eigenvalue weighted by Crippen LogP contribution is 2.33. The molecule has 0 aromatic heterocycles. The molecule has 0 radical (unpaired) electrons. The SMILES string of the molecule is COc1ccccc1N(C)c1ccc(C=O)cc1C#N. The normalized spacial score (nSPS) is 9.65. The molecule has 2 rings (SSSR count). The second-order valence-corrected chi connectivity index (χ2v) is 4.24. The lowest BCUT2D eigenvalue weighted by atomic mass is 10.1. The fourth-order valence-corrected chi connectivity index (χ4v) is 2.05. The summed E-state index contributed by atoms with van der Waals surface area (Å²) >= 11 is 0. The third-order valence-corrected chi connectivity index (χ3v) is 3.09. The maximum Gasteiger partial charge on any atom is 0.150 e. The van der Waals surface area contributed by atoms with Gasteiger partial charge in [0.25, 0.3) is 0 Å². The Morgan fingerprint density at radius 1 is 1.20 bits per heavy atom. The van der Waals surface area contributed by atoms with Gasteiger partial charge in [-0.1, -0.05) is 12.1 Å². The molecule has 0 spiro atoms. The van der Waals surface area contributed by atoms with Crippen molar-refractivity contribution in [2.45, 2.75) is 0 Å². The highest BCUT2D eigenvalue weighted by Gasteiger charge is 2.13. The molecule has 0 heterocycles. The molecular formula is C16H14N2O2. The van der Waals surface area contributed by atoms with E-state index in [-0.39, 0.29) is 0 Å². The standard InChI is InChI=1S/C16H14N2O2/c1-18(15-5-3-4-6-16(15)20-2)14-8-7-12(11-19)9-13(14)10-17/h3-9,11H,1-2H3. The van der Waals surface area contributed by atoms with Gasteiger partial charge in [0.15, 0.2) is 0 Å². The number of ether oxygens (including phenoxy) is 1. The predicted octanol–water partition coefficient (Wildman–Crippen LogP) is 3.15. The van der Waals surface area contributed by atoms with Crippen LogP contribution in [0.2, 0.25) is 0 Å². The minimum Gasteiger partial charge on any atom is -0.495 e. The molecule has 2 aromatic rings. The number of benzene rings is 2. The Morgan fingerprint density at radius 3 is 2.60 bits per heavy atom. The molecule has 100 valence electrons. The number of nitriles is 1. The summed E-state index contributed by atoms with van der Waals surface area (Å²) in [7, 11) is 3.46. The number of rotatable bonds is 4. The first-order valence-corrected chi connectivity index (χ1v) is 6.07. The number of methoxy groups -OCH3 is 1. The van der Waals surface area contributed by atoms with E-state index in [1.54, 1.807) is 25.3 Å². The zero-order chi connectivity index (χ0) is 14.5. The number of para-hydroxylation sites is 2. The van der Waals surface area contributed by atoms with E-state index >= 15 is 0 Å². The average Bonchev–Trinajstić information content (AvgIpc) is 2.53. The summed E-state index contributed by atoms with van der Waals surface area (Å²) in [5.41, 5.74) is 2.51. The van der Waals surface area contributed by atoms with E-state index in [1.807, 2.05) is 36.2 Å². The molecule has 4 heteroatoms. The summed E-state index contributed by atoms with van der Waals surface area (Å²) in [5, 5.41) is 9.24. The van der Waals surface area contributed by atoms with E-state index in [0.717, 1.165) is 23.4 Å². The smallest absolute Gasteiger partial charge is 0.150 e. The molecule has 0 aliphatic heterocycles. The van der Waals surface area contributed by atoms with Gasteiger partial charge in [-0.2, -0.15) is 5.26 Å². The maximum atomic E-state index is 10.8. The van der Waals surface area contributed by atoms with Gasteiger partial charge in [0.1, 0.15) is 18.1 Å².